The van der Waals surface area contributed by atoms with Gasteiger partial charge in [0.2, 0.25) is 0 Å². The highest BCUT2D eigenvalue weighted by molar-refractivity contribution is 14.1. The molecule has 0 N–H and O–H groups in total. The van der Waals surface area contributed by atoms with Gasteiger partial charge < -0.3 is 0 Å². The molecule has 0 amide bonds. The quantitative estimate of drug-likeness (QED) is 0.613. The molecule has 0 aliphatic carbocycles. The SMILES string of the molecule is Fc1c(Br)ccc2scc(I)c12. The molecule has 0 bridgehead atoms. The van der Waals surface area contributed by atoms with E-state index in [4.69, 9.17) is 0 Å². The number of hydrogen-bond acceptors (Lipinski definition) is 1. The van der Waals surface area contributed by atoms with E-state index in [2.05, 4.69) is 38.5 Å². The van der Waals surface area contributed by atoms with E-state index in [0.29, 0.717) is 4.47 Å². The summed E-state index contributed by atoms with van der Waals surface area (Å²) in [6.45, 7) is 0. The van der Waals surface area contributed by atoms with Gasteiger partial charge in [-0.1, -0.05) is 0 Å². The molecule has 0 spiro atoms. The summed E-state index contributed by atoms with van der Waals surface area (Å²) in [4.78, 5) is 0. The van der Waals surface area contributed by atoms with E-state index in [1.807, 2.05) is 11.4 Å². The lowest BCUT2D eigenvalue weighted by Gasteiger charge is -1.95. The molecule has 1 aromatic heterocycles. The van der Waals surface area contributed by atoms with Crippen LogP contribution in [0.5, 0.6) is 0 Å². The van der Waals surface area contributed by atoms with Crippen molar-refractivity contribution in [1.82, 2.24) is 0 Å². The first-order valence-corrected chi connectivity index (χ1v) is 5.96. The Balaban J connectivity index is 2.96. The fourth-order valence-electron chi connectivity index (χ4n) is 1.03. The summed E-state index contributed by atoms with van der Waals surface area (Å²) in [5.74, 6) is -0.154. The molecule has 1 aromatic carbocycles. The molecule has 12 heavy (non-hydrogen) atoms. The Bertz CT molecular complexity index is 438. The normalized spacial score (nSPS) is 10.9. The van der Waals surface area contributed by atoms with E-state index in [1.165, 1.54) is 0 Å². The van der Waals surface area contributed by atoms with Crippen molar-refractivity contribution in [3.63, 3.8) is 0 Å². The second-order valence-corrected chi connectivity index (χ2v) is 5.25. The van der Waals surface area contributed by atoms with Crippen LogP contribution in [-0.2, 0) is 0 Å². The van der Waals surface area contributed by atoms with E-state index < -0.39 is 0 Å². The summed E-state index contributed by atoms with van der Waals surface area (Å²) < 4.78 is 16.0. The Morgan fingerprint density at radius 3 is 2.92 bits per heavy atom. The van der Waals surface area contributed by atoms with Crippen molar-refractivity contribution in [3.05, 3.63) is 31.4 Å². The zero-order valence-corrected chi connectivity index (χ0v) is 10.3. The first kappa shape index (κ1) is 8.90. The van der Waals surface area contributed by atoms with Gasteiger partial charge >= 0.3 is 0 Å². The van der Waals surface area contributed by atoms with Crippen molar-refractivity contribution in [2.45, 2.75) is 0 Å². The van der Waals surface area contributed by atoms with Crippen LogP contribution in [0.3, 0.4) is 0 Å². The van der Waals surface area contributed by atoms with Gasteiger partial charge in [-0.25, -0.2) is 4.39 Å². The molecule has 1 heterocycles. The van der Waals surface area contributed by atoms with Crippen LogP contribution >= 0.6 is 49.9 Å². The molecule has 0 nitrogen and oxygen atoms in total. The summed E-state index contributed by atoms with van der Waals surface area (Å²) in [6.07, 6.45) is 0. The van der Waals surface area contributed by atoms with Crippen LogP contribution in [0.4, 0.5) is 4.39 Å². The molecule has 0 aliphatic rings. The fraction of sp³-hybridized carbons (Fsp3) is 0. The monoisotopic (exact) mass is 356 g/mol. The molecular formula is C8H3BrFIS. The first-order chi connectivity index (χ1) is 5.70. The van der Waals surface area contributed by atoms with Gasteiger partial charge in [0.15, 0.2) is 0 Å². The molecule has 62 valence electrons. The minimum Gasteiger partial charge on any atom is -0.205 e. The van der Waals surface area contributed by atoms with E-state index >= 15 is 0 Å². The minimum atomic E-state index is -0.154. The Hall–Kier alpha value is 0.320. The van der Waals surface area contributed by atoms with Crippen molar-refractivity contribution >= 4 is 59.9 Å². The largest absolute Gasteiger partial charge is 0.205 e. The van der Waals surface area contributed by atoms with Crippen LogP contribution in [0.1, 0.15) is 0 Å². The average molecular weight is 357 g/mol. The summed E-state index contributed by atoms with van der Waals surface area (Å²) in [5.41, 5.74) is 0. The Kier molecular flexibility index (Phi) is 2.39. The Labute approximate surface area is 95.0 Å². The van der Waals surface area contributed by atoms with Crippen molar-refractivity contribution < 1.29 is 4.39 Å². The molecule has 0 fully saturated rings. The number of benzene rings is 1. The number of hydrogen-bond donors (Lipinski definition) is 0. The summed E-state index contributed by atoms with van der Waals surface area (Å²) in [7, 11) is 0. The zero-order chi connectivity index (χ0) is 8.72. The van der Waals surface area contributed by atoms with Gasteiger partial charge in [0.05, 0.1) is 4.47 Å². The van der Waals surface area contributed by atoms with Crippen LogP contribution in [-0.4, -0.2) is 0 Å². The fourth-order valence-corrected chi connectivity index (χ4v) is 3.26. The lowest BCUT2D eigenvalue weighted by atomic mass is 10.2. The molecule has 4 heteroatoms. The van der Waals surface area contributed by atoms with Crippen molar-refractivity contribution in [1.29, 1.82) is 0 Å². The van der Waals surface area contributed by atoms with Crippen molar-refractivity contribution in [2.24, 2.45) is 0 Å². The maximum atomic E-state index is 13.4. The third kappa shape index (κ3) is 1.29. The number of rotatable bonds is 0. The molecule has 2 aromatic rings. The molecule has 0 atom stereocenters. The van der Waals surface area contributed by atoms with E-state index in [1.54, 1.807) is 17.4 Å². The number of thiophene rings is 1. The summed E-state index contributed by atoms with van der Waals surface area (Å²) in [5, 5.41) is 2.69. The number of halogens is 3. The minimum absolute atomic E-state index is 0.154. The lowest BCUT2D eigenvalue weighted by Crippen LogP contribution is -1.78. The maximum absolute atomic E-state index is 13.4. The third-order valence-electron chi connectivity index (χ3n) is 1.58. The maximum Gasteiger partial charge on any atom is 0.147 e. The second kappa shape index (κ2) is 3.23. The highest BCUT2D eigenvalue weighted by atomic mass is 127. The van der Waals surface area contributed by atoms with Crippen LogP contribution in [0.15, 0.2) is 22.0 Å². The van der Waals surface area contributed by atoms with Gasteiger partial charge in [0.25, 0.3) is 0 Å². The first-order valence-electron chi connectivity index (χ1n) is 3.21. The molecule has 0 saturated heterocycles. The highest BCUT2D eigenvalue weighted by Gasteiger charge is 2.09. The highest BCUT2D eigenvalue weighted by Crippen LogP contribution is 2.32. The molecule has 0 radical (unpaired) electrons. The molecule has 0 saturated carbocycles. The van der Waals surface area contributed by atoms with Gasteiger partial charge in [-0.2, -0.15) is 0 Å². The van der Waals surface area contributed by atoms with Crippen LogP contribution in [0, 0.1) is 9.39 Å². The topological polar surface area (TPSA) is 0 Å². The second-order valence-electron chi connectivity index (χ2n) is 2.32. The van der Waals surface area contributed by atoms with Gasteiger partial charge in [-0.15, -0.1) is 11.3 Å². The van der Waals surface area contributed by atoms with Gasteiger partial charge in [-0.05, 0) is 50.7 Å². The molecule has 0 aliphatic heterocycles. The van der Waals surface area contributed by atoms with Crippen LogP contribution in [0.2, 0.25) is 0 Å². The van der Waals surface area contributed by atoms with Crippen LogP contribution in [0.25, 0.3) is 10.1 Å². The Morgan fingerprint density at radius 1 is 1.42 bits per heavy atom. The average Bonchev–Trinajstić information content (AvgIpc) is 2.41. The lowest BCUT2D eigenvalue weighted by molar-refractivity contribution is 0.633. The van der Waals surface area contributed by atoms with Crippen LogP contribution < -0.4 is 0 Å². The zero-order valence-electron chi connectivity index (χ0n) is 5.77. The van der Waals surface area contributed by atoms with Gasteiger partial charge in [0, 0.05) is 19.0 Å². The number of fused-ring (bicyclic) bond motifs is 1. The third-order valence-corrected chi connectivity index (χ3v) is 4.42. The predicted octanol–water partition coefficient (Wildman–Crippen LogP) is 4.41. The van der Waals surface area contributed by atoms with Gasteiger partial charge in [-0.3, -0.25) is 0 Å². The van der Waals surface area contributed by atoms with Crippen molar-refractivity contribution in [3.8, 4) is 0 Å². The molecule has 0 unspecified atom stereocenters. The summed E-state index contributed by atoms with van der Waals surface area (Å²) in [6, 6.07) is 3.67. The van der Waals surface area contributed by atoms with E-state index in [0.717, 1.165) is 13.7 Å². The van der Waals surface area contributed by atoms with E-state index in [-0.39, 0.29) is 5.82 Å². The smallest absolute Gasteiger partial charge is 0.147 e. The predicted molar refractivity (Wildman–Crippen MR) is 62.2 cm³/mol. The summed E-state index contributed by atoms with van der Waals surface area (Å²) >= 11 is 6.88. The molecule has 2 rings (SSSR count). The molecular weight excluding hydrogens is 354 g/mol. The van der Waals surface area contributed by atoms with Gasteiger partial charge in [0.1, 0.15) is 5.82 Å². The Morgan fingerprint density at radius 2 is 2.17 bits per heavy atom. The standard InChI is InChI=1S/C8H3BrFIS/c9-4-1-2-6-7(8(4)10)5(11)3-12-6/h1-3H. The van der Waals surface area contributed by atoms with Crippen molar-refractivity contribution in [2.75, 3.05) is 0 Å². The van der Waals surface area contributed by atoms with E-state index in [9.17, 15) is 4.39 Å².